The molecular formula is C7H15N. The van der Waals surface area contributed by atoms with Crippen LogP contribution in [-0.4, -0.2) is 6.54 Å². The smallest absolute Gasteiger partial charge is 0.00168 e. The predicted molar refractivity (Wildman–Crippen MR) is 37.6 cm³/mol. The van der Waals surface area contributed by atoms with Gasteiger partial charge in [-0.15, -0.1) is 0 Å². The largest absolute Gasteiger partial charge is 0.330 e. The lowest BCUT2D eigenvalue weighted by Gasteiger charge is -1.96. The van der Waals surface area contributed by atoms with E-state index in [1.54, 1.807) is 0 Å². The second kappa shape index (κ2) is 4.85. The van der Waals surface area contributed by atoms with Gasteiger partial charge in [-0.05, 0) is 18.9 Å². The SMILES string of the molecule is CC/C=C/C(C)CN. The van der Waals surface area contributed by atoms with Crippen molar-refractivity contribution in [1.29, 1.82) is 0 Å². The minimum Gasteiger partial charge on any atom is -0.330 e. The molecular weight excluding hydrogens is 98.1 g/mol. The molecule has 0 radical (unpaired) electrons. The van der Waals surface area contributed by atoms with Gasteiger partial charge in [0.2, 0.25) is 0 Å². The fourth-order valence-electron chi connectivity index (χ4n) is 0.447. The number of nitrogens with two attached hydrogens (primary N) is 1. The van der Waals surface area contributed by atoms with Crippen molar-refractivity contribution in [3.63, 3.8) is 0 Å². The van der Waals surface area contributed by atoms with Gasteiger partial charge in [-0.3, -0.25) is 0 Å². The molecule has 0 amide bonds. The van der Waals surface area contributed by atoms with Crippen LogP contribution < -0.4 is 5.73 Å². The Morgan fingerprint density at radius 2 is 2.25 bits per heavy atom. The molecule has 0 aliphatic carbocycles. The first kappa shape index (κ1) is 7.70. The van der Waals surface area contributed by atoms with Crippen LogP contribution in [0, 0.1) is 5.92 Å². The molecule has 0 saturated heterocycles. The molecule has 0 heterocycles. The van der Waals surface area contributed by atoms with E-state index in [0.717, 1.165) is 13.0 Å². The lowest BCUT2D eigenvalue weighted by Crippen LogP contribution is -2.07. The van der Waals surface area contributed by atoms with Gasteiger partial charge in [-0.25, -0.2) is 0 Å². The highest BCUT2D eigenvalue weighted by atomic mass is 14.5. The molecule has 8 heavy (non-hydrogen) atoms. The van der Waals surface area contributed by atoms with Crippen LogP contribution in [0.2, 0.25) is 0 Å². The van der Waals surface area contributed by atoms with Crippen molar-refractivity contribution in [2.45, 2.75) is 20.3 Å². The van der Waals surface area contributed by atoms with Gasteiger partial charge in [-0.1, -0.05) is 26.0 Å². The van der Waals surface area contributed by atoms with Crippen molar-refractivity contribution in [1.82, 2.24) is 0 Å². The highest BCUT2D eigenvalue weighted by molar-refractivity contribution is 4.85. The molecule has 0 fully saturated rings. The summed E-state index contributed by atoms with van der Waals surface area (Å²) in [6, 6.07) is 0. The van der Waals surface area contributed by atoms with E-state index in [9.17, 15) is 0 Å². The zero-order valence-electron chi connectivity index (χ0n) is 5.72. The summed E-state index contributed by atoms with van der Waals surface area (Å²) < 4.78 is 0. The van der Waals surface area contributed by atoms with Crippen molar-refractivity contribution in [2.75, 3.05) is 6.54 Å². The van der Waals surface area contributed by atoms with Crippen molar-refractivity contribution >= 4 is 0 Å². The maximum Gasteiger partial charge on any atom is -0.00168 e. The molecule has 0 aliphatic rings. The van der Waals surface area contributed by atoms with Gasteiger partial charge in [0.1, 0.15) is 0 Å². The Balaban J connectivity index is 3.21. The van der Waals surface area contributed by atoms with Crippen molar-refractivity contribution in [2.24, 2.45) is 11.7 Å². The average Bonchev–Trinajstić information content (AvgIpc) is 1.83. The van der Waals surface area contributed by atoms with E-state index in [4.69, 9.17) is 5.73 Å². The van der Waals surface area contributed by atoms with E-state index < -0.39 is 0 Å². The number of allylic oxidation sites excluding steroid dienone is 1. The van der Waals surface area contributed by atoms with Crippen LogP contribution in [0.1, 0.15) is 20.3 Å². The van der Waals surface area contributed by atoms with E-state index in [0.29, 0.717) is 5.92 Å². The fraction of sp³-hybridized carbons (Fsp3) is 0.714. The van der Waals surface area contributed by atoms with Crippen LogP contribution in [0.5, 0.6) is 0 Å². The summed E-state index contributed by atoms with van der Waals surface area (Å²) in [5.41, 5.74) is 5.36. The zero-order chi connectivity index (χ0) is 6.41. The Morgan fingerprint density at radius 1 is 1.62 bits per heavy atom. The van der Waals surface area contributed by atoms with E-state index in [-0.39, 0.29) is 0 Å². The second-order valence-electron chi connectivity index (χ2n) is 2.05. The summed E-state index contributed by atoms with van der Waals surface area (Å²) in [6.45, 7) is 5.00. The molecule has 0 aromatic carbocycles. The van der Waals surface area contributed by atoms with Crippen molar-refractivity contribution in [3.8, 4) is 0 Å². The Labute approximate surface area is 51.6 Å². The van der Waals surface area contributed by atoms with Crippen molar-refractivity contribution in [3.05, 3.63) is 12.2 Å². The first-order chi connectivity index (χ1) is 3.81. The van der Waals surface area contributed by atoms with Crippen LogP contribution in [0.25, 0.3) is 0 Å². The van der Waals surface area contributed by atoms with Gasteiger partial charge in [0, 0.05) is 0 Å². The molecule has 0 aliphatic heterocycles. The molecule has 2 N–H and O–H groups in total. The Hall–Kier alpha value is -0.300. The molecule has 1 unspecified atom stereocenters. The summed E-state index contributed by atoms with van der Waals surface area (Å²) in [5, 5.41) is 0. The minimum absolute atomic E-state index is 0.551. The summed E-state index contributed by atoms with van der Waals surface area (Å²) in [6.07, 6.45) is 5.42. The lowest BCUT2D eigenvalue weighted by atomic mass is 10.1. The van der Waals surface area contributed by atoms with E-state index >= 15 is 0 Å². The molecule has 0 saturated carbocycles. The van der Waals surface area contributed by atoms with E-state index in [1.807, 2.05) is 0 Å². The second-order valence-corrected chi connectivity index (χ2v) is 2.05. The maximum absolute atomic E-state index is 5.36. The molecule has 0 rings (SSSR count). The van der Waals surface area contributed by atoms with Gasteiger partial charge >= 0.3 is 0 Å². The predicted octanol–water partition coefficient (Wildman–Crippen LogP) is 1.55. The van der Waals surface area contributed by atoms with Crippen LogP contribution in [0.4, 0.5) is 0 Å². The number of hydrogen-bond acceptors (Lipinski definition) is 1. The van der Waals surface area contributed by atoms with Gasteiger partial charge < -0.3 is 5.73 Å². The third-order valence-corrected chi connectivity index (χ3v) is 1.07. The van der Waals surface area contributed by atoms with Gasteiger partial charge in [0.25, 0.3) is 0 Å². The molecule has 0 spiro atoms. The highest BCUT2D eigenvalue weighted by Crippen LogP contribution is 1.93. The summed E-state index contributed by atoms with van der Waals surface area (Å²) in [7, 11) is 0. The third-order valence-electron chi connectivity index (χ3n) is 1.07. The first-order valence-corrected chi connectivity index (χ1v) is 3.18. The molecule has 1 atom stereocenters. The highest BCUT2D eigenvalue weighted by Gasteiger charge is 1.87. The average molecular weight is 113 g/mol. The molecule has 0 bridgehead atoms. The lowest BCUT2D eigenvalue weighted by molar-refractivity contribution is 0.737. The summed E-state index contributed by atoms with van der Waals surface area (Å²) in [5.74, 6) is 0.551. The number of rotatable bonds is 3. The van der Waals surface area contributed by atoms with Gasteiger partial charge in [0.05, 0.1) is 0 Å². The van der Waals surface area contributed by atoms with Crippen LogP contribution in [0.15, 0.2) is 12.2 Å². The molecule has 1 heteroatoms. The van der Waals surface area contributed by atoms with Crippen LogP contribution in [0.3, 0.4) is 0 Å². The summed E-state index contributed by atoms with van der Waals surface area (Å²) >= 11 is 0. The van der Waals surface area contributed by atoms with E-state index in [2.05, 4.69) is 26.0 Å². The minimum atomic E-state index is 0.551. The van der Waals surface area contributed by atoms with Crippen LogP contribution in [-0.2, 0) is 0 Å². The van der Waals surface area contributed by atoms with Crippen molar-refractivity contribution < 1.29 is 0 Å². The molecule has 0 aromatic rings. The maximum atomic E-state index is 5.36. The molecule has 48 valence electrons. The number of hydrogen-bond donors (Lipinski definition) is 1. The van der Waals surface area contributed by atoms with Crippen LogP contribution >= 0.6 is 0 Å². The van der Waals surface area contributed by atoms with E-state index in [1.165, 1.54) is 0 Å². The van der Waals surface area contributed by atoms with Gasteiger partial charge in [-0.2, -0.15) is 0 Å². The Morgan fingerprint density at radius 3 is 2.62 bits per heavy atom. The fourth-order valence-corrected chi connectivity index (χ4v) is 0.447. The standard InChI is InChI=1S/C7H15N/c1-3-4-5-7(2)6-8/h4-5,7H,3,6,8H2,1-2H3/b5-4+. The molecule has 0 aromatic heterocycles. The Kier molecular flexibility index (Phi) is 4.67. The third kappa shape index (κ3) is 3.88. The molecule has 1 nitrogen and oxygen atoms in total. The Bertz CT molecular complexity index is 66.8. The quantitative estimate of drug-likeness (QED) is 0.552. The zero-order valence-corrected chi connectivity index (χ0v) is 5.72. The first-order valence-electron chi connectivity index (χ1n) is 3.18. The topological polar surface area (TPSA) is 26.0 Å². The monoisotopic (exact) mass is 113 g/mol. The summed E-state index contributed by atoms with van der Waals surface area (Å²) in [4.78, 5) is 0. The normalized spacial score (nSPS) is 14.9. The van der Waals surface area contributed by atoms with Gasteiger partial charge in [0.15, 0.2) is 0 Å².